The summed E-state index contributed by atoms with van der Waals surface area (Å²) in [7, 11) is 1.81. The Kier molecular flexibility index (Phi) is 5.09. The number of hydrogen-bond acceptors (Lipinski definition) is 5. The molecule has 154 valence electrons. The summed E-state index contributed by atoms with van der Waals surface area (Å²) in [6.45, 7) is 0.544. The van der Waals surface area contributed by atoms with Gasteiger partial charge < -0.3 is 9.47 Å². The molecule has 0 N–H and O–H groups in total. The van der Waals surface area contributed by atoms with E-state index < -0.39 is 0 Å². The third-order valence-corrected chi connectivity index (χ3v) is 6.16. The van der Waals surface area contributed by atoms with Crippen LogP contribution in [0.25, 0.3) is 28.1 Å². The molecule has 6 nitrogen and oxygen atoms in total. The summed E-state index contributed by atoms with van der Waals surface area (Å²) in [6.07, 6.45) is 8.96. The lowest BCUT2D eigenvalue weighted by atomic mass is 9.95. The van der Waals surface area contributed by atoms with E-state index in [2.05, 4.69) is 22.3 Å². The van der Waals surface area contributed by atoms with Gasteiger partial charge in [-0.05, 0) is 37.1 Å². The Bertz CT molecular complexity index is 1160. The molecule has 1 aliphatic carbocycles. The van der Waals surface area contributed by atoms with Crippen LogP contribution in [-0.4, -0.2) is 38.9 Å². The number of pyridine rings is 2. The number of hydrogen-bond donors (Lipinski definition) is 0. The van der Waals surface area contributed by atoms with Crippen molar-refractivity contribution in [3.63, 3.8) is 0 Å². The molecule has 0 amide bonds. The molecule has 30 heavy (non-hydrogen) atoms. The second-order valence-electron chi connectivity index (χ2n) is 8.07. The lowest BCUT2D eigenvalue weighted by Crippen LogP contribution is -2.37. The molecule has 1 fully saturated rings. The van der Waals surface area contributed by atoms with E-state index in [1.165, 1.54) is 25.7 Å². The first kappa shape index (κ1) is 19.0. The van der Waals surface area contributed by atoms with Crippen LogP contribution in [0.4, 0.5) is 0 Å². The highest BCUT2D eigenvalue weighted by molar-refractivity contribution is 5.86. The fraction of sp³-hybridized carbons (Fsp3) is 0.375. The Morgan fingerprint density at radius 2 is 1.80 bits per heavy atom. The molecule has 3 aromatic heterocycles. The summed E-state index contributed by atoms with van der Waals surface area (Å²) in [6, 6.07) is 15.9. The quantitative estimate of drug-likeness (QED) is 0.437. The van der Waals surface area contributed by atoms with Gasteiger partial charge in [-0.1, -0.05) is 49.9 Å². The maximum atomic E-state index is 6.34. The molecular formula is C24H26N4O2. The Morgan fingerprint density at radius 1 is 0.933 bits per heavy atom. The number of benzene rings is 1. The molecule has 6 heteroatoms. The number of para-hydroxylation sites is 1. The zero-order chi connectivity index (χ0) is 20.4. The van der Waals surface area contributed by atoms with Crippen molar-refractivity contribution in [1.82, 2.24) is 19.6 Å². The normalized spacial score (nSPS) is 16.6. The number of fused-ring (bicyclic) bond motifs is 2. The fourth-order valence-electron chi connectivity index (χ4n) is 4.37. The summed E-state index contributed by atoms with van der Waals surface area (Å²) in [4.78, 5) is 4.91. The summed E-state index contributed by atoms with van der Waals surface area (Å²) >= 11 is 0. The molecule has 0 unspecified atom stereocenters. The van der Waals surface area contributed by atoms with E-state index in [9.17, 15) is 0 Å². The van der Waals surface area contributed by atoms with Gasteiger partial charge in [0.2, 0.25) is 0 Å². The minimum Gasteiger partial charge on any atom is -0.488 e. The van der Waals surface area contributed by atoms with Gasteiger partial charge in [-0.15, -0.1) is 10.2 Å². The molecule has 1 aliphatic rings. The number of nitrogens with zero attached hydrogens (tertiary/aromatic N) is 4. The molecule has 0 aliphatic heterocycles. The van der Waals surface area contributed by atoms with Crippen molar-refractivity contribution in [2.24, 2.45) is 0 Å². The van der Waals surface area contributed by atoms with Crippen molar-refractivity contribution in [2.75, 3.05) is 13.7 Å². The molecule has 1 aromatic carbocycles. The van der Waals surface area contributed by atoms with Gasteiger partial charge >= 0.3 is 0 Å². The van der Waals surface area contributed by atoms with Crippen LogP contribution in [-0.2, 0) is 4.74 Å². The fourth-order valence-corrected chi connectivity index (χ4v) is 4.37. The summed E-state index contributed by atoms with van der Waals surface area (Å²) in [5.74, 6) is 1.50. The summed E-state index contributed by atoms with van der Waals surface area (Å²) in [5, 5.41) is 9.63. The van der Waals surface area contributed by atoms with Crippen LogP contribution >= 0.6 is 0 Å². The smallest absolute Gasteiger partial charge is 0.187 e. The van der Waals surface area contributed by atoms with Gasteiger partial charge in [0.25, 0.3) is 0 Å². The van der Waals surface area contributed by atoms with E-state index in [0.29, 0.717) is 6.61 Å². The number of ether oxygens (including phenoxy) is 2. The van der Waals surface area contributed by atoms with Gasteiger partial charge in [0.05, 0.1) is 0 Å². The Hall–Kier alpha value is -2.99. The Balaban J connectivity index is 1.49. The zero-order valence-electron chi connectivity index (χ0n) is 17.3. The van der Waals surface area contributed by atoms with E-state index in [1.54, 1.807) is 0 Å². The highest BCUT2D eigenvalue weighted by atomic mass is 16.5. The Morgan fingerprint density at radius 3 is 2.63 bits per heavy atom. The minimum absolute atomic E-state index is 0.209. The third-order valence-electron chi connectivity index (χ3n) is 6.16. The summed E-state index contributed by atoms with van der Waals surface area (Å²) in [5.41, 5.74) is 2.20. The van der Waals surface area contributed by atoms with Crippen molar-refractivity contribution in [3.05, 3.63) is 54.7 Å². The van der Waals surface area contributed by atoms with Crippen LogP contribution in [0.3, 0.4) is 0 Å². The second-order valence-corrected chi connectivity index (χ2v) is 8.07. The minimum atomic E-state index is -0.209. The molecule has 4 aromatic rings. The van der Waals surface area contributed by atoms with Crippen molar-refractivity contribution < 1.29 is 9.47 Å². The first-order valence-corrected chi connectivity index (χ1v) is 10.7. The van der Waals surface area contributed by atoms with Gasteiger partial charge in [0.15, 0.2) is 11.5 Å². The number of aromatic nitrogens is 4. The predicted octanol–water partition coefficient (Wildman–Crippen LogP) is 5.06. The molecule has 1 saturated carbocycles. The van der Waals surface area contributed by atoms with E-state index >= 15 is 0 Å². The molecule has 3 heterocycles. The molecule has 0 spiro atoms. The van der Waals surface area contributed by atoms with Gasteiger partial charge in [-0.25, -0.2) is 4.98 Å². The van der Waals surface area contributed by atoms with Crippen molar-refractivity contribution >= 4 is 16.6 Å². The first-order valence-electron chi connectivity index (χ1n) is 10.7. The second kappa shape index (κ2) is 8.03. The molecule has 5 rings (SSSR count). The van der Waals surface area contributed by atoms with Crippen LogP contribution in [0.1, 0.15) is 38.5 Å². The van der Waals surface area contributed by atoms with E-state index in [0.717, 1.165) is 46.7 Å². The van der Waals surface area contributed by atoms with Crippen LogP contribution < -0.4 is 4.74 Å². The molecule has 0 saturated heterocycles. The molecular weight excluding hydrogens is 376 g/mol. The highest BCUT2D eigenvalue weighted by Crippen LogP contribution is 2.33. The van der Waals surface area contributed by atoms with Crippen molar-refractivity contribution in [3.8, 4) is 17.3 Å². The third kappa shape index (κ3) is 3.52. The van der Waals surface area contributed by atoms with E-state index in [-0.39, 0.29) is 5.60 Å². The standard InChI is InChI=1S/C24H26N4O2/c1-29-24(14-5-2-3-6-15-24)17-30-20-10-8-9-18-12-13-19(25-22(18)20)23-27-26-21-11-4-7-16-28(21)23/h4,7-13,16H,2-3,5-6,14-15,17H2,1H3. The highest BCUT2D eigenvalue weighted by Gasteiger charge is 2.32. The molecule has 0 bridgehead atoms. The van der Waals surface area contributed by atoms with Gasteiger partial charge in [-0.2, -0.15) is 0 Å². The SMILES string of the molecule is COC1(COc2cccc3ccc(-c4nnc5ccccn45)nc23)CCCCCC1. The average Bonchev–Trinajstić information content (AvgIpc) is 3.08. The average molecular weight is 402 g/mol. The van der Waals surface area contributed by atoms with Crippen molar-refractivity contribution in [1.29, 1.82) is 0 Å². The predicted molar refractivity (Wildman–Crippen MR) is 117 cm³/mol. The largest absolute Gasteiger partial charge is 0.488 e. The lowest BCUT2D eigenvalue weighted by molar-refractivity contribution is -0.0545. The van der Waals surface area contributed by atoms with E-state index in [4.69, 9.17) is 14.5 Å². The van der Waals surface area contributed by atoms with Crippen LogP contribution in [0.2, 0.25) is 0 Å². The Labute approximate surface area is 175 Å². The zero-order valence-corrected chi connectivity index (χ0v) is 17.3. The molecule has 0 radical (unpaired) electrons. The monoisotopic (exact) mass is 402 g/mol. The van der Waals surface area contributed by atoms with E-state index in [1.807, 2.05) is 54.1 Å². The van der Waals surface area contributed by atoms with Crippen molar-refractivity contribution in [2.45, 2.75) is 44.1 Å². The van der Waals surface area contributed by atoms with Crippen LogP contribution in [0, 0.1) is 0 Å². The van der Waals surface area contributed by atoms with Crippen LogP contribution in [0.15, 0.2) is 54.7 Å². The van der Waals surface area contributed by atoms with Gasteiger partial charge in [-0.3, -0.25) is 4.40 Å². The maximum Gasteiger partial charge on any atom is 0.187 e. The number of rotatable bonds is 5. The summed E-state index contributed by atoms with van der Waals surface area (Å²) < 4.78 is 14.2. The van der Waals surface area contributed by atoms with Gasteiger partial charge in [0.1, 0.15) is 29.2 Å². The van der Waals surface area contributed by atoms with Crippen LogP contribution in [0.5, 0.6) is 5.75 Å². The molecule has 0 atom stereocenters. The topological polar surface area (TPSA) is 61.5 Å². The number of methoxy groups -OCH3 is 1. The van der Waals surface area contributed by atoms with Gasteiger partial charge in [0, 0.05) is 18.7 Å². The first-order chi connectivity index (χ1) is 14.8. The lowest BCUT2D eigenvalue weighted by Gasteiger charge is -2.31. The maximum absolute atomic E-state index is 6.34.